The van der Waals surface area contributed by atoms with E-state index in [1.54, 1.807) is 0 Å². The molecule has 0 spiro atoms. The van der Waals surface area contributed by atoms with Gasteiger partial charge in [0.05, 0.1) is 0 Å². The van der Waals surface area contributed by atoms with Gasteiger partial charge in [-0.25, -0.2) is 0 Å². The summed E-state index contributed by atoms with van der Waals surface area (Å²) in [6, 6.07) is 0. The summed E-state index contributed by atoms with van der Waals surface area (Å²) >= 11 is 0. The van der Waals surface area contributed by atoms with Crippen LogP contribution in [0.15, 0.2) is 0 Å². The van der Waals surface area contributed by atoms with Crippen LogP contribution in [0.3, 0.4) is 0 Å². The Bertz CT molecular complexity index is 146. The van der Waals surface area contributed by atoms with Crippen LogP contribution in [0.2, 0.25) is 0 Å². The number of carbonyl (C=O) groups is 1. The number of unbranched alkanes of at least 4 members (excludes halogenated alkanes) is 3. The molecular weight excluding hydrogens is 166 g/mol. The lowest BCUT2D eigenvalue weighted by Gasteiger charge is -2.02. The average molecular weight is 184 g/mol. The molecule has 1 N–H and O–H groups in total. The Morgan fingerprint density at radius 1 is 1.31 bits per heavy atom. The quantitative estimate of drug-likeness (QED) is 0.582. The van der Waals surface area contributed by atoms with E-state index in [4.69, 9.17) is 0 Å². The molecule has 13 heavy (non-hydrogen) atoms. The first-order chi connectivity index (χ1) is 6.31. The van der Waals surface area contributed by atoms with Crippen LogP contribution in [-0.4, -0.2) is 18.7 Å². The molecule has 75 valence electrons. The van der Waals surface area contributed by atoms with Crippen LogP contribution in [0.4, 0.5) is 0 Å². The number of hydrogen-bond donors (Lipinski definition) is 1. The van der Waals surface area contributed by atoms with Crippen molar-refractivity contribution in [2.45, 2.75) is 45.4 Å². The van der Waals surface area contributed by atoms with Crippen molar-refractivity contribution in [2.24, 2.45) is 0 Å². The maximum atomic E-state index is 11.0. The minimum atomic E-state index is 0.122. The number of hydrogen-bond acceptors (Lipinski definition) is 2. The fourth-order valence-electron chi connectivity index (χ4n) is 0.976. The van der Waals surface area contributed by atoms with Gasteiger partial charge in [-0.15, -0.1) is 0 Å². The SMILES string of the molecule is CCCCC(=O)NCCCC[C]=O. The van der Waals surface area contributed by atoms with E-state index < -0.39 is 0 Å². The van der Waals surface area contributed by atoms with Crippen LogP contribution in [0, 0.1) is 0 Å². The lowest BCUT2D eigenvalue weighted by atomic mass is 10.2. The molecule has 0 rings (SSSR count). The lowest BCUT2D eigenvalue weighted by molar-refractivity contribution is -0.121. The third-order valence-corrected chi connectivity index (χ3v) is 1.79. The fourth-order valence-corrected chi connectivity index (χ4v) is 0.976. The zero-order valence-electron chi connectivity index (χ0n) is 8.27. The first-order valence-electron chi connectivity index (χ1n) is 4.93. The van der Waals surface area contributed by atoms with Crippen molar-refractivity contribution < 1.29 is 9.59 Å². The highest BCUT2D eigenvalue weighted by molar-refractivity contribution is 5.75. The molecule has 0 aliphatic carbocycles. The van der Waals surface area contributed by atoms with Crippen molar-refractivity contribution in [3.05, 3.63) is 0 Å². The fraction of sp³-hybridized carbons (Fsp3) is 0.800. The summed E-state index contributed by atoms with van der Waals surface area (Å²) in [5.41, 5.74) is 0. The van der Waals surface area contributed by atoms with Gasteiger partial charge in [-0.2, -0.15) is 0 Å². The summed E-state index contributed by atoms with van der Waals surface area (Å²) in [4.78, 5) is 20.9. The first kappa shape index (κ1) is 12.1. The number of rotatable bonds is 8. The van der Waals surface area contributed by atoms with Crippen molar-refractivity contribution in [3.63, 3.8) is 0 Å². The summed E-state index contributed by atoms with van der Waals surface area (Å²) in [5.74, 6) is 0.122. The first-order valence-corrected chi connectivity index (χ1v) is 4.93. The Kier molecular flexibility index (Phi) is 8.62. The highest BCUT2D eigenvalue weighted by atomic mass is 16.1. The summed E-state index contributed by atoms with van der Waals surface area (Å²) in [6.07, 6.45) is 6.61. The van der Waals surface area contributed by atoms with Gasteiger partial charge >= 0.3 is 0 Å². The number of amides is 1. The van der Waals surface area contributed by atoms with Crippen LogP contribution in [0.25, 0.3) is 0 Å². The second kappa shape index (κ2) is 9.23. The van der Waals surface area contributed by atoms with Gasteiger partial charge < -0.3 is 5.32 Å². The molecule has 0 aromatic heterocycles. The van der Waals surface area contributed by atoms with Gasteiger partial charge in [0.25, 0.3) is 0 Å². The molecule has 0 bridgehead atoms. The highest BCUT2D eigenvalue weighted by Crippen LogP contribution is 1.94. The summed E-state index contributed by atoms with van der Waals surface area (Å²) in [7, 11) is 0. The molecule has 3 heteroatoms. The lowest BCUT2D eigenvalue weighted by Crippen LogP contribution is -2.23. The van der Waals surface area contributed by atoms with Crippen molar-refractivity contribution in [2.75, 3.05) is 6.54 Å². The molecule has 0 saturated carbocycles. The Balaban J connectivity index is 3.12. The molecule has 3 nitrogen and oxygen atoms in total. The minimum Gasteiger partial charge on any atom is -0.356 e. The smallest absolute Gasteiger partial charge is 0.219 e. The molecule has 1 radical (unpaired) electrons. The topological polar surface area (TPSA) is 46.2 Å². The largest absolute Gasteiger partial charge is 0.356 e. The summed E-state index contributed by atoms with van der Waals surface area (Å²) < 4.78 is 0. The van der Waals surface area contributed by atoms with E-state index >= 15 is 0 Å². The van der Waals surface area contributed by atoms with E-state index in [-0.39, 0.29) is 5.91 Å². The number of nitrogens with one attached hydrogen (secondary N) is 1. The molecule has 0 aliphatic rings. The second-order valence-electron chi connectivity index (χ2n) is 3.05. The minimum absolute atomic E-state index is 0.122. The van der Waals surface area contributed by atoms with E-state index in [0.717, 1.165) is 25.7 Å². The van der Waals surface area contributed by atoms with E-state index in [1.807, 2.05) is 6.29 Å². The van der Waals surface area contributed by atoms with Crippen LogP contribution in [0.5, 0.6) is 0 Å². The zero-order valence-corrected chi connectivity index (χ0v) is 8.27. The second-order valence-corrected chi connectivity index (χ2v) is 3.05. The van der Waals surface area contributed by atoms with Gasteiger partial charge in [-0.3, -0.25) is 9.59 Å². The third-order valence-electron chi connectivity index (χ3n) is 1.79. The standard InChI is InChI=1S/C10H18NO2/c1-2-3-7-10(13)11-8-5-4-6-9-12/h2-8H2,1H3,(H,11,13). The van der Waals surface area contributed by atoms with Gasteiger partial charge in [0, 0.05) is 19.4 Å². The highest BCUT2D eigenvalue weighted by Gasteiger charge is 1.98. The molecular formula is C10H18NO2. The predicted molar refractivity (Wildman–Crippen MR) is 52.1 cm³/mol. The monoisotopic (exact) mass is 184 g/mol. The maximum absolute atomic E-state index is 11.0. The summed E-state index contributed by atoms with van der Waals surface area (Å²) in [6.45, 7) is 2.75. The van der Waals surface area contributed by atoms with E-state index in [0.29, 0.717) is 19.4 Å². The van der Waals surface area contributed by atoms with Crippen LogP contribution in [0.1, 0.15) is 45.4 Å². The van der Waals surface area contributed by atoms with Crippen molar-refractivity contribution in [3.8, 4) is 0 Å². The molecule has 0 unspecified atom stereocenters. The average Bonchev–Trinajstić information content (AvgIpc) is 2.14. The zero-order chi connectivity index (χ0) is 9.94. The maximum Gasteiger partial charge on any atom is 0.219 e. The molecule has 1 amide bonds. The Labute approximate surface area is 79.9 Å². The molecule has 0 aromatic carbocycles. The molecule has 0 heterocycles. The Morgan fingerprint density at radius 3 is 2.69 bits per heavy atom. The van der Waals surface area contributed by atoms with Crippen LogP contribution in [-0.2, 0) is 9.59 Å². The third kappa shape index (κ3) is 9.05. The number of carbonyl (C=O) groups excluding carboxylic acids is 2. The molecule has 0 saturated heterocycles. The molecule has 0 aliphatic heterocycles. The Morgan fingerprint density at radius 2 is 2.08 bits per heavy atom. The molecule has 0 fully saturated rings. The molecule has 0 atom stereocenters. The van der Waals surface area contributed by atoms with Gasteiger partial charge in [-0.1, -0.05) is 13.3 Å². The van der Waals surface area contributed by atoms with E-state index in [2.05, 4.69) is 12.2 Å². The predicted octanol–water partition coefficient (Wildman–Crippen LogP) is 1.57. The van der Waals surface area contributed by atoms with Gasteiger partial charge in [0.15, 0.2) is 6.29 Å². The van der Waals surface area contributed by atoms with Crippen LogP contribution < -0.4 is 5.32 Å². The van der Waals surface area contributed by atoms with Crippen molar-refractivity contribution >= 4 is 12.2 Å². The normalized spacial score (nSPS) is 9.62. The van der Waals surface area contributed by atoms with Gasteiger partial charge in [-0.05, 0) is 19.3 Å². The Hall–Kier alpha value is -0.860. The van der Waals surface area contributed by atoms with Crippen molar-refractivity contribution in [1.29, 1.82) is 0 Å². The van der Waals surface area contributed by atoms with Crippen LogP contribution >= 0.6 is 0 Å². The molecule has 0 aromatic rings. The van der Waals surface area contributed by atoms with Gasteiger partial charge in [0.1, 0.15) is 0 Å². The van der Waals surface area contributed by atoms with E-state index in [9.17, 15) is 9.59 Å². The van der Waals surface area contributed by atoms with Crippen molar-refractivity contribution in [1.82, 2.24) is 5.32 Å². The summed E-state index contributed by atoms with van der Waals surface area (Å²) in [5, 5.41) is 2.81. The van der Waals surface area contributed by atoms with Gasteiger partial charge in [0.2, 0.25) is 5.91 Å². The van der Waals surface area contributed by atoms with E-state index in [1.165, 1.54) is 0 Å².